The first-order valence-electron chi connectivity index (χ1n) is 7.13. The van der Waals surface area contributed by atoms with E-state index in [2.05, 4.69) is 10.4 Å². The van der Waals surface area contributed by atoms with Gasteiger partial charge in [-0.3, -0.25) is 14.8 Å². The lowest BCUT2D eigenvalue weighted by Gasteiger charge is -2.23. The lowest BCUT2D eigenvalue weighted by atomic mass is 10.1. The molecule has 6 heteroatoms. The Hall–Kier alpha value is -1.43. The maximum Gasteiger partial charge on any atom is 0.313 e. The van der Waals surface area contributed by atoms with E-state index in [-0.39, 0.29) is 10.6 Å². The highest BCUT2D eigenvalue weighted by Gasteiger charge is 2.26. The molecule has 1 N–H and O–H groups in total. The monoisotopic (exact) mass is 266 g/mol. The van der Waals surface area contributed by atoms with Crippen LogP contribution >= 0.6 is 0 Å². The largest absolute Gasteiger partial charge is 0.313 e. The summed E-state index contributed by atoms with van der Waals surface area (Å²) in [6.07, 6.45) is 4.82. The smallest absolute Gasteiger partial charge is 0.312 e. The summed E-state index contributed by atoms with van der Waals surface area (Å²) < 4.78 is 1.85. The molecule has 0 radical (unpaired) electrons. The molecule has 19 heavy (non-hydrogen) atoms. The number of aryl methyl sites for hydroxylation is 1. The fourth-order valence-electron chi connectivity index (χ4n) is 2.78. The summed E-state index contributed by atoms with van der Waals surface area (Å²) in [5, 5.41) is 19.1. The molecule has 2 heterocycles. The SMILES string of the molecule is CCc1nn(CC2CCCCN2)c(CC)c1[N+](=O)[O-]. The standard InChI is InChI=1S/C13H22N4O2/c1-3-11-13(17(18)19)12(4-2)16(15-11)9-10-7-5-6-8-14-10/h10,14H,3-9H2,1-2H3. The van der Waals surface area contributed by atoms with Crippen LogP contribution in [-0.2, 0) is 19.4 Å². The molecule has 1 aromatic heterocycles. The van der Waals surface area contributed by atoms with Crippen molar-refractivity contribution in [2.45, 2.75) is 58.5 Å². The first kappa shape index (κ1) is 14.0. The van der Waals surface area contributed by atoms with E-state index in [0.717, 1.165) is 25.2 Å². The maximum atomic E-state index is 11.2. The van der Waals surface area contributed by atoms with Gasteiger partial charge in [-0.15, -0.1) is 0 Å². The van der Waals surface area contributed by atoms with Crippen LogP contribution in [0.4, 0.5) is 5.69 Å². The molecular weight excluding hydrogens is 244 g/mol. The Morgan fingerprint density at radius 1 is 1.42 bits per heavy atom. The maximum absolute atomic E-state index is 11.2. The summed E-state index contributed by atoms with van der Waals surface area (Å²) in [6.45, 7) is 5.65. The van der Waals surface area contributed by atoms with Gasteiger partial charge in [0.15, 0.2) is 0 Å². The van der Waals surface area contributed by atoms with Crippen molar-refractivity contribution >= 4 is 5.69 Å². The van der Waals surface area contributed by atoms with E-state index in [1.54, 1.807) is 0 Å². The Bertz CT molecular complexity index is 450. The summed E-state index contributed by atoms with van der Waals surface area (Å²) in [6, 6.07) is 0.392. The van der Waals surface area contributed by atoms with E-state index in [0.29, 0.717) is 24.6 Å². The van der Waals surface area contributed by atoms with Crippen molar-refractivity contribution in [1.29, 1.82) is 0 Å². The minimum absolute atomic E-state index is 0.223. The van der Waals surface area contributed by atoms with Crippen LogP contribution in [0, 0.1) is 10.1 Å². The minimum atomic E-state index is -0.282. The van der Waals surface area contributed by atoms with Gasteiger partial charge in [-0.2, -0.15) is 5.10 Å². The van der Waals surface area contributed by atoms with Crippen molar-refractivity contribution in [2.75, 3.05) is 6.54 Å². The van der Waals surface area contributed by atoms with Crippen molar-refractivity contribution < 1.29 is 4.92 Å². The van der Waals surface area contributed by atoms with Crippen LogP contribution in [0.3, 0.4) is 0 Å². The van der Waals surface area contributed by atoms with Crippen LogP contribution in [0.25, 0.3) is 0 Å². The number of hydrogen-bond donors (Lipinski definition) is 1. The lowest BCUT2D eigenvalue weighted by Crippen LogP contribution is -2.37. The zero-order valence-electron chi connectivity index (χ0n) is 11.7. The number of rotatable bonds is 5. The third-order valence-corrected chi connectivity index (χ3v) is 3.76. The first-order chi connectivity index (χ1) is 9.17. The zero-order valence-corrected chi connectivity index (χ0v) is 11.7. The molecule has 0 aromatic carbocycles. The molecule has 1 fully saturated rings. The van der Waals surface area contributed by atoms with Crippen molar-refractivity contribution in [3.05, 3.63) is 21.5 Å². The average Bonchev–Trinajstić information content (AvgIpc) is 2.77. The van der Waals surface area contributed by atoms with Crippen LogP contribution in [0.2, 0.25) is 0 Å². The molecule has 1 aromatic rings. The molecule has 106 valence electrons. The predicted octanol–water partition coefficient (Wildman–Crippen LogP) is 2.06. The Morgan fingerprint density at radius 3 is 2.74 bits per heavy atom. The average molecular weight is 266 g/mol. The topological polar surface area (TPSA) is 73.0 Å². The van der Waals surface area contributed by atoms with Gasteiger partial charge in [-0.1, -0.05) is 20.3 Å². The Morgan fingerprint density at radius 2 is 2.21 bits per heavy atom. The third kappa shape index (κ3) is 2.94. The Balaban J connectivity index is 2.26. The Labute approximate surface area is 113 Å². The lowest BCUT2D eigenvalue weighted by molar-refractivity contribution is -0.386. The predicted molar refractivity (Wildman–Crippen MR) is 73.3 cm³/mol. The van der Waals surface area contributed by atoms with Crippen LogP contribution in [0.1, 0.15) is 44.5 Å². The molecular formula is C13H22N4O2. The molecule has 0 amide bonds. The van der Waals surface area contributed by atoms with Gasteiger partial charge in [0.05, 0.1) is 11.5 Å². The second kappa shape index (κ2) is 6.14. The van der Waals surface area contributed by atoms with Gasteiger partial charge in [0.2, 0.25) is 0 Å². The van der Waals surface area contributed by atoms with E-state index in [1.807, 2.05) is 18.5 Å². The van der Waals surface area contributed by atoms with E-state index in [4.69, 9.17) is 0 Å². The highest BCUT2D eigenvalue weighted by atomic mass is 16.6. The van der Waals surface area contributed by atoms with E-state index < -0.39 is 0 Å². The van der Waals surface area contributed by atoms with Crippen molar-refractivity contribution in [3.8, 4) is 0 Å². The quantitative estimate of drug-likeness (QED) is 0.654. The van der Waals surface area contributed by atoms with Gasteiger partial charge in [-0.25, -0.2) is 0 Å². The first-order valence-corrected chi connectivity index (χ1v) is 7.13. The van der Waals surface area contributed by atoms with Crippen LogP contribution in [0.15, 0.2) is 0 Å². The molecule has 1 aliphatic rings. The third-order valence-electron chi connectivity index (χ3n) is 3.76. The van der Waals surface area contributed by atoms with Crippen LogP contribution in [-0.4, -0.2) is 27.3 Å². The highest BCUT2D eigenvalue weighted by Crippen LogP contribution is 2.25. The van der Waals surface area contributed by atoms with Gasteiger partial charge in [0.25, 0.3) is 0 Å². The molecule has 2 rings (SSSR count). The number of nitro groups is 1. The molecule has 1 atom stereocenters. The molecule has 0 bridgehead atoms. The van der Waals surface area contributed by atoms with Crippen LogP contribution in [0.5, 0.6) is 0 Å². The molecule has 1 unspecified atom stereocenters. The second-order valence-electron chi connectivity index (χ2n) is 5.04. The number of piperidine rings is 1. The molecule has 1 aliphatic heterocycles. The molecule has 0 saturated carbocycles. The van der Waals surface area contributed by atoms with E-state index in [1.165, 1.54) is 12.8 Å². The van der Waals surface area contributed by atoms with Gasteiger partial charge < -0.3 is 5.32 Å². The number of nitrogens with zero attached hydrogens (tertiary/aromatic N) is 3. The van der Waals surface area contributed by atoms with Crippen molar-refractivity contribution in [2.24, 2.45) is 0 Å². The molecule has 0 spiro atoms. The summed E-state index contributed by atoms with van der Waals surface area (Å²) in [5.74, 6) is 0. The van der Waals surface area contributed by atoms with E-state index in [9.17, 15) is 10.1 Å². The van der Waals surface area contributed by atoms with Crippen molar-refractivity contribution in [3.63, 3.8) is 0 Å². The minimum Gasteiger partial charge on any atom is -0.312 e. The summed E-state index contributed by atoms with van der Waals surface area (Å²) in [5.41, 5.74) is 1.59. The number of hydrogen-bond acceptors (Lipinski definition) is 4. The van der Waals surface area contributed by atoms with Crippen molar-refractivity contribution in [1.82, 2.24) is 15.1 Å². The molecule has 0 aliphatic carbocycles. The summed E-state index contributed by atoms with van der Waals surface area (Å²) in [4.78, 5) is 10.9. The van der Waals surface area contributed by atoms with Crippen LogP contribution < -0.4 is 5.32 Å². The molecule has 1 saturated heterocycles. The van der Waals surface area contributed by atoms with Gasteiger partial charge in [0, 0.05) is 6.04 Å². The number of nitrogens with one attached hydrogen (secondary N) is 1. The second-order valence-corrected chi connectivity index (χ2v) is 5.04. The summed E-state index contributed by atoms with van der Waals surface area (Å²) >= 11 is 0. The summed E-state index contributed by atoms with van der Waals surface area (Å²) in [7, 11) is 0. The zero-order chi connectivity index (χ0) is 13.8. The van der Waals surface area contributed by atoms with E-state index >= 15 is 0 Å². The fourth-order valence-corrected chi connectivity index (χ4v) is 2.78. The number of aromatic nitrogens is 2. The highest BCUT2D eigenvalue weighted by molar-refractivity contribution is 5.41. The Kier molecular flexibility index (Phi) is 4.52. The van der Waals surface area contributed by atoms with Gasteiger partial charge in [-0.05, 0) is 32.2 Å². The normalized spacial score (nSPS) is 19.6. The van der Waals surface area contributed by atoms with Gasteiger partial charge in [0.1, 0.15) is 11.4 Å². The fraction of sp³-hybridized carbons (Fsp3) is 0.769. The van der Waals surface area contributed by atoms with Gasteiger partial charge >= 0.3 is 5.69 Å². The molecule has 6 nitrogen and oxygen atoms in total.